The summed E-state index contributed by atoms with van der Waals surface area (Å²) in [5.74, 6) is -3.67. The van der Waals surface area contributed by atoms with Crippen molar-refractivity contribution in [1.82, 2.24) is 0 Å². The Balaban J connectivity index is 3.58. The van der Waals surface area contributed by atoms with Gasteiger partial charge in [-0.05, 0) is 0 Å². The molecular weight excluding hydrogens is 400 g/mol. The predicted octanol–water partition coefficient (Wildman–Crippen LogP) is 2.46. The maximum Gasteiger partial charge on any atom is 0.366 e. The number of esters is 2. The van der Waals surface area contributed by atoms with E-state index < -0.39 is 53.1 Å². The van der Waals surface area contributed by atoms with Gasteiger partial charge in [-0.3, -0.25) is 30.3 Å². The first kappa shape index (κ1) is 19.5. The van der Waals surface area contributed by atoms with E-state index in [9.17, 15) is 39.9 Å². The molecule has 0 amide bonds. The fraction of sp³-hybridized carbons (Fsp3) is 0.111. The smallest absolute Gasteiger partial charge is 0.366 e. The lowest BCUT2D eigenvalue weighted by molar-refractivity contribution is -0.403. The molecule has 0 saturated carbocycles. The van der Waals surface area contributed by atoms with Gasteiger partial charge in [0.05, 0.1) is 26.9 Å². The van der Waals surface area contributed by atoms with Crippen molar-refractivity contribution in [3.63, 3.8) is 0 Å². The van der Waals surface area contributed by atoms with Gasteiger partial charge in [-0.2, -0.15) is 0 Å². The summed E-state index contributed by atoms with van der Waals surface area (Å²) in [6.07, 6.45) is 0. The van der Waals surface area contributed by atoms with Crippen LogP contribution < -0.4 is 0 Å². The lowest BCUT2D eigenvalue weighted by Crippen LogP contribution is -2.26. The minimum absolute atomic E-state index is 0.281. The molecule has 0 N–H and O–H groups in total. The van der Waals surface area contributed by atoms with Gasteiger partial charge in [0.25, 0.3) is 20.9 Å². The van der Waals surface area contributed by atoms with Crippen LogP contribution in [0.1, 0.15) is 10.4 Å². The van der Waals surface area contributed by atoms with Crippen molar-refractivity contribution >= 4 is 63.8 Å². The molecule has 0 aliphatic carbocycles. The molecule has 0 unspecified atom stereocenters. The summed E-state index contributed by atoms with van der Waals surface area (Å²) >= 11 is 15.4. The molecule has 0 aliphatic heterocycles. The molecule has 0 aromatic heterocycles. The zero-order valence-corrected chi connectivity index (χ0v) is 13.1. The summed E-state index contributed by atoms with van der Waals surface area (Å²) < 4.78 is 1.29. The summed E-state index contributed by atoms with van der Waals surface area (Å²) in [6, 6.07) is 0.562. The zero-order chi connectivity index (χ0) is 18.8. The normalized spacial score (nSPS) is 10.8. The largest absolute Gasteiger partial charge is 0.386 e. The fourth-order valence-corrected chi connectivity index (χ4v) is 1.51. The number of rotatable bonds is 4. The van der Waals surface area contributed by atoms with E-state index in [0.717, 1.165) is 0 Å². The number of ether oxygens (including phenoxy) is 1. The molecule has 0 bridgehead atoms. The van der Waals surface area contributed by atoms with Crippen molar-refractivity contribution in [1.29, 1.82) is 0 Å². The molecule has 0 heterocycles. The highest BCUT2D eigenvalue weighted by molar-refractivity contribution is 6.75. The zero-order valence-electron chi connectivity index (χ0n) is 10.8. The number of hydrogen-bond acceptors (Lipinski definition) is 9. The van der Waals surface area contributed by atoms with Crippen LogP contribution in [0.5, 0.6) is 0 Å². The summed E-state index contributed by atoms with van der Waals surface area (Å²) in [7, 11) is 0. The van der Waals surface area contributed by atoms with Crippen LogP contribution in [0.4, 0.5) is 17.1 Å². The Bertz CT molecular complexity index is 738. The molecule has 0 saturated heterocycles. The molecule has 128 valence electrons. The quantitative estimate of drug-likeness (QED) is 0.241. The number of nitrogens with zero attached hydrogens (tertiary/aromatic N) is 3. The molecule has 24 heavy (non-hydrogen) atoms. The Kier molecular flexibility index (Phi) is 5.60. The summed E-state index contributed by atoms with van der Waals surface area (Å²) in [5, 5.41) is 32.6. The molecule has 0 spiro atoms. The van der Waals surface area contributed by atoms with E-state index in [4.69, 9.17) is 34.8 Å². The molecule has 1 rings (SSSR count). The number of nitro groups is 3. The fourth-order valence-electron chi connectivity index (χ4n) is 1.39. The van der Waals surface area contributed by atoms with E-state index in [-0.39, 0.29) is 12.1 Å². The van der Waals surface area contributed by atoms with Crippen LogP contribution in [-0.2, 0) is 9.53 Å². The minimum Gasteiger partial charge on any atom is -0.386 e. The van der Waals surface area contributed by atoms with Crippen molar-refractivity contribution in [3.8, 4) is 0 Å². The van der Waals surface area contributed by atoms with Crippen molar-refractivity contribution < 1.29 is 29.1 Å². The van der Waals surface area contributed by atoms with E-state index >= 15 is 0 Å². The molecular formula is C9H2Cl3N3O9. The first-order valence-electron chi connectivity index (χ1n) is 5.30. The second-order valence-corrected chi connectivity index (χ2v) is 6.09. The Labute approximate surface area is 145 Å². The highest BCUT2D eigenvalue weighted by atomic mass is 35.6. The molecule has 1 aromatic rings. The average Bonchev–Trinajstić information content (AvgIpc) is 2.44. The second-order valence-electron chi connectivity index (χ2n) is 3.81. The molecule has 15 heteroatoms. The molecule has 1 aromatic carbocycles. The number of halogens is 3. The molecule has 12 nitrogen and oxygen atoms in total. The lowest BCUT2D eigenvalue weighted by Gasteiger charge is -2.09. The average molecular weight is 402 g/mol. The van der Waals surface area contributed by atoms with Crippen molar-refractivity contribution in [3.05, 3.63) is 48.0 Å². The van der Waals surface area contributed by atoms with Crippen LogP contribution in [0.25, 0.3) is 0 Å². The molecule has 0 atom stereocenters. The van der Waals surface area contributed by atoms with Gasteiger partial charge in [0.2, 0.25) is 5.56 Å². The van der Waals surface area contributed by atoms with Crippen LogP contribution in [0.15, 0.2) is 12.1 Å². The van der Waals surface area contributed by atoms with Crippen LogP contribution in [-0.4, -0.2) is 30.5 Å². The van der Waals surface area contributed by atoms with Crippen molar-refractivity contribution in [2.45, 2.75) is 3.79 Å². The van der Waals surface area contributed by atoms with Gasteiger partial charge in [-0.1, -0.05) is 34.8 Å². The highest BCUT2D eigenvalue weighted by Gasteiger charge is 2.40. The number of carbonyl (C=O) groups is 2. The van der Waals surface area contributed by atoms with Gasteiger partial charge in [0, 0.05) is 0 Å². The van der Waals surface area contributed by atoms with Crippen LogP contribution >= 0.6 is 34.8 Å². The van der Waals surface area contributed by atoms with Gasteiger partial charge in [0.15, 0.2) is 0 Å². The van der Waals surface area contributed by atoms with Gasteiger partial charge in [-0.25, -0.2) is 9.59 Å². The standard InChI is InChI=1S/C9H2Cl3N3O9/c10-9(11,12)8(17)24-7(16)6-4(14(20)21)1-3(13(18)19)2-5(6)15(22)23/h1-2H. The number of nitro benzene ring substituents is 3. The monoisotopic (exact) mass is 401 g/mol. The molecule has 0 fully saturated rings. The summed E-state index contributed by atoms with van der Waals surface area (Å²) in [5.41, 5.74) is -5.02. The summed E-state index contributed by atoms with van der Waals surface area (Å²) in [6.45, 7) is 0. The number of benzene rings is 1. The predicted molar refractivity (Wildman–Crippen MR) is 77.1 cm³/mol. The maximum atomic E-state index is 11.8. The van der Waals surface area contributed by atoms with Crippen LogP contribution in [0.2, 0.25) is 0 Å². The number of alkyl halides is 3. The Morgan fingerprint density at radius 2 is 1.33 bits per heavy atom. The molecule has 0 aliphatic rings. The molecule has 0 radical (unpaired) electrons. The third-order valence-corrected chi connectivity index (χ3v) is 2.77. The Morgan fingerprint density at radius 1 is 0.917 bits per heavy atom. The van der Waals surface area contributed by atoms with Gasteiger partial charge in [-0.15, -0.1) is 0 Å². The van der Waals surface area contributed by atoms with E-state index in [1.807, 2.05) is 0 Å². The van der Waals surface area contributed by atoms with Gasteiger partial charge >= 0.3 is 11.9 Å². The number of carbonyl (C=O) groups excluding carboxylic acids is 2. The number of hydrogen-bond donors (Lipinski definition) is 0. The maximum absolute atomic E-state index is 11.8. The highest BCUT2D eigenvalue weighted by Crippen LogP contribution is 2.35. The lowest BCUT2D eigenvalue weighted by atomic mass is 10.1. The Hall–Kier alpha value is -2.57. The van der Waals surface area contributed by atoms with Gasteiger partial charge in [0.1, 0.15) is 0 Å². The van der Waals surface area contributed by atoms with Crippen LogP contribution in [0, 0.1) is 30.3 Å². The van der Waals surface area contributed by atoms with E-state index in [1.165, 1.54) is 0 Å². The number of non-ortho nitro benzene ring substituents is 1. The topological polar surface area (TPSA) is 173 Å². The van der Waals surface area contributed by atoms with Crippen molar-refractivity contribution in [2.75, 3.05) is 0 Å². The van der Waals surface area contributed by atoms with E-state index in [0.29, 0.717) is 0 Å². The first-order valence-corrected chi connectivity index (χ1v) is 6.44. The minimum atomic E-state index is -2.74. The first-order chi connectivity index (χ1) is 10.9. The SMILES string of the molecule is O=C(OC(=O)C(Cl)(Cl)Cl)c1c([N+](=O)[O-])cc([N+](=O)[O-])cc1[N+](=O)[O-]. The van der Waals surface area contributed by atoms with E-state index in [2.05, 4.69) is 4.74 Å². The Morgan fingerprint density at radius 3 is 1.62 bits per heavy atom. The van der Waals surface area contributed by atoms with E-state index in [1.54, 1.807) is 0 Å². The van der Waals surface area contributed by atoms with Crippen LogP contribution in [0.3, 0.4) is 0 Å². The second kappa shape index (κ2) is 6.90. The third kappa shape index (κ3) is 4.24. The van der Waals surface area contributed by atoms with Gasteiger partial charge < -0.3 is 4.74 Å². The third-order valence-electron chi connectivity index (χ3n) is 2.31. The summed E-state index contributed by atoms with van der Waals surface area (Å²) in [4.78, 5) is 51.9. The van der Waals surface area contributed by atoms with Crippen molar-refractivity contribution in [2.24, 2.45) is 0 Å².